The van der Waals surface area contributed by atoms with E-state index in [0.717, 1.165) is 0 Å². The molecule has 1 aromatic heterocycles. The number of rotatable bonds is 1. The fourth-order valence-corrected chi connectivity index (χ4v) is 2.45. The lowest BCUT2D eigenvalue weighted by Gasteiger charge is -2.42. The topological polar surface area (TPSA) is 97.5 Å². The summed E-state index contributed by atoms with van der Waals surface area (Å²) in [5.41, 5.74) is -0.443. The van der Waals surface area contributed by atoms with Crippen molar-refractivity contribution < 1.29 is 32.4 Å². The van der Waals surface area contributed by atoms with Gasteiger partial charge in [0.25, 0.3) is 0 Å². The highest BCUT2D eigenvalue weighted by molar-refractivity contribution is 5.83. The highest BCUT2D eigenvalue weighted by Crippen LogP contribution is 2.41. The van der Waals surface area contributed by atoms with Crippen molar-refractivity contribution in [3.8, 4) is 5.75 Å². The molecule has 2 N–H and O–H groups in total. The molecule has 2 heterocycles. The number of fused-ring (bicyclic) bond motifs is 2. The molecule has 0 spiro atoms. The largest absolute Gasteiger partial charge is 0.485 e. The quantitative estimate of drug-likeness (QED) is 0.821. The molecule has 0 saturated carbocycles. The Balaban J connectivity index is 2.08. The Morgan fingerprint density at radius 2 is 1.91 bits per heavy atom. The molecule has 0 aliphatic carbocycles. The van der Waals surface area contributed by atoms with E-state index in [4.69, 9.17) is 4.74 Å². The molecule has 2 aromatic rings. The second kappa shape index (κ2) is 4.82. The first-order chi connectivity index (χ1) is 10.6. The van der Waals surface area contributed by atoms with Crippen molar-refractivity contribution in [1.82, 2.24) is 15.6 Å². The molecule has 0 bridgehead atoms. The minimum absolute atomic E-state index is 0.164. The van der Waals surface area contributed by atoms with E-state index in [1.165, 1.54) is 26.0 Å². The van der Waals surface area contributed by atoms with Crippen LogP contribution in [0.2, 0.25) is 0 Å². The number of nitrogens with zero attached hydrogens (tertiary/aromatic N) is 2. The van der Waals surface area contributed by atoms with Gasteiger partial charge in [-0.1, -0.05) is 0 Å². The van der Waals surface area contributed by atoms with Crippen LogP contribution in [0.1, 0.15) is 25.5 Å². The Bertz CT molecular complexity index is 771. The molecule has 124 valence electrons. The van der Waals surface area contributed by atoms with Crippen LogP contribution >= 0.6 is 0 Å². The molecule has 1 aliphatic heterocycles. The minimum Gasteiger partial charge on any atom is -0.485 e. The third kappa shape index (κ3) is 2.58. The lowest BCUT2D eigenvalue weighted by Crippen LogP contribution is -2.55. The van der Waals surface area contributed by atoms with Crippen LogP contribution in [0.4, 0.5) is 13.2 Å². The molecule has 1 aromatic carbocycles. The summed E-state index contributed by atoms with van der Waals surface area (Å²) in [6.07, 6.45) is -6.47. The number of carbonyl (C=O) groups excluding carboxylic acids is 1. The smallest absolute Gasteiger partial charge is 0.471 e. The van der Waals surface area contributed by atoms with Crippen LogP contribution in [0.25, 0.3) is 11.0 Å². The Kier molecular flexibility index (Phi) is 3.25. The van der Waals surface area contributed by atoms with Crippen LogP contribution < -0.4 is 10.1 Å². The molecule has 0 radical (unpaired) electrons. The van der Waals surface area contributed by atoms with Crippen molar-refractivity contribution in [3.63, 3.8) is 0 Å². The second-order valence-corrected chi connectivity index (χ2v) is 5.74. The Labute approximate surface area is 127 Å². The fourth-order valence-electron chi connectivity index (χ4n) is 2.45. The maximum Gasteiger partial charge on any atom is 0.471 e. The standard InChI is InChI=1S/C13H12F3N3O4/c1-12(2)10(20)9(17-11(21)13(14,15)16)5-3-6-7(19-23-18-6)4-8(5)22-12/h3-4,9-10,20H,1-2H3,(H,17,21). The first-order valence-corrected chi connectivity index (χ1v) is 6.60. The molecule has 2 unspecified atom stereocenters. The van der Waals surface area contributed by atoms with Gasteiger partial charge in [-0.05, 0) is 30.2 Å². The number of hydrogen-bond acceptors (Lipinski definition) is 6. The van der Waals surface area contributed by atoms with Crippen LogP contribution in [-0.2, 0) is 4.79 Å². The van der Waals surface area contributed by atoms with Crippen molar-refractivity contribution in [2.75, 3.05) is 0 Å². The molecule has 10 heteroatoms. The van der Waals surface area contributed by atoms with Gasteiger partial charge in [-0.25, -0.2) is 4.63 Å². The van der Waals surface area contributed by atoms with Gasteiger partial charge in [0.05, 0.1) is 6.04 Å². The van der Waals surface area contributed by atoms with Gasteiger partial charge in [0.1, 0.15) is 28.5 Å². The van der Waals surface area contributed by atoms with E-state index in [0.29, 0.717) is 5.52 Å². The molecular weight excluding hydrogens is 319 g/mol. The highest BCUT2D eigenvalue weighted by Gasteiger charge is 2.47. The lowest BCUT2D eigenvalue weighted by molar-refractivity contribution is -0.176. The number of halogens is 3. The predicted molar refractivity (Wildman–Crippen MR) is 69.5 cm³/mol. The Morgan fingerprint density at radius 1 is 1.30 bits per heavy atom. The van der Waals surface area contributed by atoms with Gasteiger partial charge in [0, 0.05) is 11.6 Å². The average molecular weight is 331 g/mol. The van der Waals surface area contributed by atoms with Gasteiger partial charge in [0.2, 0.25) is 0 Å². The number of benzene rings is 1. The maximum atomic E-state index is 12.5. The Hall–Kier alpha value is -2.36. The lowest BCUT2D eigenvalue weighted by atomic mass is 9.86. The number of alkyl halides is 3. The second-order valence-electron chi connectivity index (χ2n) is 5.74. The van der Waals surface area contributed by atoms with Crippen molar-refractivity contribution >= 4 is 16.9 Å². The molecule has 1 amide bonds. The third-order valence-electron chi connectivity index (χ3n) is 3.67. The molecule has 3 rings (SSSR count). The summed E-state index contributed by atoms with van der Waals surface area (Å²) in [5.74, 6) is -1.96. The monoisotopic (exact) mass is 331 g/mol. The van der Waals surface area contributed by atoms with Crippen molar-refractivity contribution in [3.05, 3.63) is 17.7 Å². The van der Waals surface area contributed by atoms with E-state index in [1.54, 1.807) is 5.32 Å². The molecular formula is C13H12F3N3O4. The molecule has 1 aliphatic rings. The van der Waals surface area contributed by atoms with Crippen molar-refractivity contribution in [2.24, 2.45) is 0 Å². The van der Waals surface area contributed by atoms with E-state index in [-0.39, 0.29) is 16.8 Å². The summed E-state index contributed by atoms with van der Waals surface area (Å²) in [5, 5.41) is 19.3. The molecule has 23 heavy (non-hydrogen) atoms. The zero-order valence-electron chi connectivity index (χ0n) is 12.0. The van der Waals surface area contributed by atoms with Crippen molar-refractivity contribution in [2.45, 2.75) is 37.8 Å². The highest BCUT2D eigenvalue weighted by atomic mass is 19.4. The average Bonchev–Trinajstić information content (AvgIpc) is 2.87. The summed E-state index contributed by atoms with van der Waals surface area (Å²) in [6.45, 7) is 3.00. The summed E-state index contributed by atoms with van der Waals surface area (Å²) in [7, 11) is 0. The molecule has 2 atom stereocenters. The summed E-state index contributed by atoms with van der Waals surface area (Å²) >= 11 is 0. The molecule has 0 fully saturated rings. The zero-order valence-corrected chi connectivity index (χ0v) is 12.0. The van der Waals surface area contributed by atoms with E-state index < -0.39 is 29.8 Å². The van der Waals surface area contributed by atoms with Crippen LogP contribution in [0.15, 0.2) is 16.8 Å². The van der Waals surface area contributed by atoms with Gasteiger partial charge in [0.15, 0.2) is 0 Å². The number of aromatic nitrogens is 2. The van der Waals surface area contributed by atoms with Gasteiger partial charge in [-0.2, -0.15) is 13.2 Å². The maximum absolute atomic E-state index is 12.5. The number of carbonyl (C=O) groups is 1. The summed E-state index contributed by atoms with van der Waals surface area (Å²) in [4.78, 5) is 11.3. The van der Waals surface area contributed by atoms with Gasteiger partial charge >= 0.3 is 12.1 Å². The van der Waals surface area contributed by atoms with Crippen LogP contribution in [0.5, 0.6) is 5.75 Å². The number of ether oxygens (including phenoxy) is 1. The number of aliphatic hydroxyl groups is 1. The van der Waals surface area contributed by atoms with Gasteiger partial charge in [-0.15, -0.1) is 0 Å². The predicted octanol–water partition coefficient (Wildman–Crippen LogP) is 1.47. The summed E-state index contributed by atoms with van der Waals surface area (Å²) < 4.78 is 47.8. The SMILES string of the molecule is CC1(C)Oc2cc3nonc3cc2C(NC(=O)C(F)(F)F)C1O. The van der Waals surface area contributed by atoms with Crippen LogP contribution in [0, 0.1) is 0 Å². The zero-order chi connectivity index (χ0) is 17.0. The van der Waals surface area contributed by atoms with Gasteiger partial charge < -0.3 is 15.2 Å². The first kappa shape index (κ1) is 15.5. The van der Waals surface area contributed by atoms with Crippen LogP contribution in [0.3, 0.4) is 0 Å². The third-order valence-corrected chi connectivity index (χ3v) is 3.67. The Morgan fingerprint density at radius 3 is 2.52 bits per heavy atom. The fraction of sp³-hybridized carbons (Fsp3) is 0.462. The minimum atomic E-state index is -5.07. The number of amides is 1. The van der Waals surface area contributed by atoms with E-state index >= 15 is 0 Å². The summed E-state index contributed by atoms with van der Waals surface area (Å²) in [6, 6.07) is 1.48. The molecule has 7 nitrogen and oxygen atoms in total. The van der Waals surface area contributed by atoms with Crippen molar-refractivity contribution in [1.29, 1.82) is 0 Å². The number of hydrogen-bond donors (Lipinski definition) is 2. The number of nitrogens with one attached hydrogen (secondary N) is 1. The van der Waals surface area contributed by atoms with E-state index in [9.17, 15) is 23.1 Å². The van der Waals surface area contributed by atoms with E-state index in [1.807, 2.05) is 0 Å². The molecule has 0 saturated heterocycles. The van der Waals surface area contributed by atoms with Gasteiger partial charge in [-0.3, -0.25) is 4.79 Å². The van der Waals surface area contributed by atoms with E-state index in [2.05, 4.69) is 14.9 Å². The first-order valence-electron chi connectivity index (χ1n) is 6.60. The number of aliphatic hydroxyl groups excluding tert-OH is 1. The van der Waals surface area contributed by atoms with Crippen LogP contribution in [-0.4, -0.2) is 39.2 Å². The normalized spacial score (nSPS) is 23.2.